The maximum absolute atomic E-state index is 10.8. The van der Waals surface area contributed by atoms with Crippen molar-refractivity contribution in [3.63, 3.8) is 0 Å². The van der Waals surface area contributed by atoms with Crippen LogP contribution in [0.1, 0.15) is 71.6 Å². The third-order valence-corrected chi connectivity index (χ3v) is 2.73. The zero-order chi connectivity index (χ0) is 12.8. The van der Waals surface area contributed by atoms with Crippen LogP contribution in [0.25, 0.3) is 0 Å². The molecule has 3 heteroatoms. The second kappa shape index (κ2) is 13.3. The molecular weight excluding hydrogens is 216 g/mol. The van der Waals surface area contributed by atoms with Crippen LogP contribution in [0.3, 0.4) is 0 Å². The summed E-state index contributed by atoms with van der Waals surface area (Å²) in [6.45, 7) is 4.90. The summed E-state index contributed by atoms with van der Waals surface area (Å²) in [5, 5.41) is 0. The quantitative estimate of drug-likeness (QED) is 0.390. The summed E-state index contributed by atoms with van der Waals surface area (Å²) in [5.74, 6) is 0. The number of carbonyl (C=O) groups excluding carboxylic acids is 1. The molecule has 0 N–H and O–H groups in total. The van der Waals surface area contributed by atoms with Crippen LogP contribution in [-0.2, 0) is 9.47 Å². The Balaban J connectivity index is 3.01. The van der Waals surface area contributed by atoms with Crippen molar-refractivity contribution in [3.05, 3.63) is 0 Å². The van der Waals surface area contributed by atoms with Crippen molar-refractivity contribution < 1.29 is 14.3 Å². The minimum absolute atomic E-state index is 0.386. The molecule has 0 aliphatic carbocycles. The van der Waals surface area contributed by atoms with E-state index in [1.807, 2.05) is 0 Å². The van der Waals surface area contributed by atoms with Gasteiger partial charge in [-0.1, -0.05) is 58.3 Å². The van der Waals surface area contributed by atoms with Crippen molar-refractivity contribution in [3.8, 4) is 0 Å². The monoisotopic (exact) mass is 244 g/mol. The van der Waals surface area contributed by atoms with E-state index in [0.29, 0.717) is 13.2 Å². The molecule has 0 heterocycles. The SMILES string of the molecule is CCCCCCCCCCCOC(=O)OCC. The molecular formula is C14H28O3. The van der Waals surface area contributed by atoms with Gasteiger partial charge in [-0.25, -0.2) is 4.79 Å². The van der Waals surface area contributed by atoms with Gasteiger partial charge in [0.25, 0.3) is 0 Å². The van der Waals surface area contributed by atoms with Gasteiger partial charge < -0.3 is 9.47 Å². The fourth-order valence-corrected chi connectivity index (χ4v) is 1.73. The first-order valence-electron chi connectivity index (χ1n) is 7.10. The Morgan fingerprint density at radius 1 is 0.765 bits per heavy atom. The Hall–Kier alpha value is -0.730. The molecule has 0 saturated carbocycles. The van der Waals surface area contributed by atoms with E-state index in [-0.39, 0.29) is 0 Å². The second-order valence-electron chi connectivity index (χ2n) is 4.36. The van der Waals surface area contributed by atoms with Crippen LogP contribution in [0.15, 0.2) is 0 Å². The maximum atomic E-state index is 10.8. The molecule has 17 heavy (non-hydrogen) atoms. The van der Waals surface area contributed by atoms with Crippen LogP contribution in [0.2, 0.25) is 0 Å². The lowest BCUT2D eigenvalue weighted by molar-refractivity contribution is 0.0578. The van der Waals surface area contributed by atoms with Crippen molar-refractivity contribution in [1.29, 1.82) is 0 Å². The van der Waals surface area contributed by atoms with E-state index in [1.54, 1.807) is 6.92 Å². The average Bonchev–Trinajstić information content (AvgIpc) is 2.32. The molecule has 0 rings (SSSR count). The van der Waals surface area contributed by atoms with E-state index < -0.39 is 6.16 Å². The number of hydrogen-bond acceptors (Lipinski definition) is 3. The molecule has 0 fully saturated rings. The zero-order valence-corrected chi connectivity index (χ0v) is 11.5. The summed E-state index contributed by atoms with van der Waals surface area (Å²) < 4.78 is 9.54. The summed E-state index contributed by atoms with van der Waals surface area (Å²) in [6, 6.07) is 0. The molecule has 0 bridgehead atoms. The van der Waals surface area contributed by atoms with Gasteiger partial charge in [-0.2, -0.15) is 0 Å². The van der Waals surface area contributed by atoms with Gasteiger partial charge in [0.2, 0.25) is 0 Å². The molecule has 0 aromatic carbocycles. The van der Waals surface area contributed by atoms with Gasteiger partial charge in [-0.15, -0.1) is 0 Å². The molecule has 0 aliphatic heterocycles. The molecule has 3 nitrogen and oxygen atoms in total. The molecule has 0 saturated heterocycles. The molecule has 0 spiro atoms. The van der Waals surface area contributed by atoms with Crippen molar-refractivity contribution in [2.75, 3.05) is 13.2 Å². The van der Waals surface area contributed by atoms with E-state index in [2.05, 4.69) is 11.7 Å². The molecule has 0 radical (unpaired) electrons. The number of rotatable bonds is 11. The Kier molecular flexibility index (Phi) is 12.8. The van der Waals surface area contributed by atoms with Crippen LogP contribution in [0, 0.1) is 0 Å². The van der Waals surface area contributed by atoms with Crippen molar-refractivity contribution in [2.24, 2.45) is 0 Å². The van der Waals surface area contributed by atoms with Crippen molar-refractivity contribution in [1.82, 2.24) is 0 Å². The maximum Gasteiger partial charge on any atom is 0.508 e. The van der Waals surface area contributed by atoms with Crippen LogP contribution in [0.4, 0.5) is 4.79 Å². The van der Waals surface area contributed by atoms with E-state index in [9.17, 15) is 4.79 Å². The normalized spacial score (nSPS) is 10.2. The molecule has 0 amide bonds. The summed E-state index contributed by atoms with van der Waals surface area (Å²) in [5.41, 5.74) is 0. The van der Waals surface area contributed by atoms with Crippen molar-refractivity contribution >= 4 is 6.16 Å². The summed E-state index contributed by atoms with van der Waals surface area (Å²) in [7, 11) is 0. The highest BCUT2D eigenvalue weighted by Gasteiger charge is 2.00. The smallest absolute Gasteiger partial charge is 0.435 e. The molecule has 0 aromatic rings. The van der Waals surface area contributed by atoms with E-state index in [0.717, 1.165) is 12.8 Å². The number of hydrogen-bond donors (Lipinski definition) is 0. The Bertz CT molecular complexity index is 169. The van der Waals surface area contributed by atoms with Gasteiger partial charge >= 0.3 is 6.16 Å². The van der Waals surface area contributed by atoms with Gasteiger partial charge in [0, 0.05) is 0 Å². The van der Waals surface area contributed by atoms with Gasteiger partial charge in [-0.05, 0) is 13.3 Å². The molecule has 0 unspecified atom stereocenters. The van der Waals surface area contributed by atoms with Crippen LogP contribution >= 0.6 is 0 Å². The lowest BCUT2D eigenvalue weighted by Crippen LogP contribution is -2.07. The third-order valence-electron chi connectivity index (χ3n) is 2.73. The summed E-state index contributed by atoms with van der Waals surface area (Å²) in [4.78, 5) is 10.8. The molecule has 0 aromatic heterocycles. The highest BCUT2D eigenvalue weighted by atomic mass is 16.7. The fourth-order valence-electron chi connectivity index (χ4n) is 1.73. The average molecular weight is 244 g/mol. The molecule has 102 valence electrons. The first-order chi connectivity index (χ1) is 8.31. The van der Waals surface area contributed by atoms with Gasteiger partial charge in [0.1, 0.15) is 0 Å². The second-order valence-corrected chi connectivity index (χ2v) is 4.36. The predicted octanol–water partition coefficient (Wildman–Crippen LogP) is 4.69. The van der Waals surface area contributed by atoms with Crippen LogP contribution in [-0.4, -0.2) is 19.4 Å². The number of carbonyl (C=O) groups is 1. The lowest BCUT2D eigenvalue weighted by Gasteiger charge is -2.04. The van der Waals surface area contributed by atoms with Crippen LogP contribution in [0.5, 0.6) is 0 Å². The first-order valence-corrected chi connectivity index (χ1v) is 7.10. The van der Waals surface area contributed by atoms with Gasteiger partial charge in [0.05, 0.1) is 13.2 Å². The highest BCUT2D eigenvalue weighted by molar-refractivity contribution is 5.59. The topological polar surface area (TPSA) is 35.5 Å². The minimum atomic E-state index is -0.535. The number of ether oxygens (including phenoxy) is 2. The largest absolute Gasteiger partial charge is 0.508 e. The van der Waals surface area contributed by atoms with E-state index >= 15 is 0 Å². The number of unbranched alkanes of at least 4 members (excludes halogenated alkanes) is 8. The first kappa shape index (κ1) is 16.3. The Morgan fingerprint density at radius 3 is 1.82 bits per heavy atom. The predicted molar refractivity (Wildman–Crippen MR) is 70.2 cm³/mol. The van der Waals surface area contributed by atoms with Gasteiger partial charge in [-0.3, -0.25) is 0 Å². The van der Waals surface area contributed by atoms with Crippen molar-refractivity contribution in [2.45, 2.75) is 71.6 Å². The Morgan fingerprint density at radius 2 is 1.29 bits per heavy atom. The van der Waals surface area contributed by atoms with Crippen LogP contribution < -0.4 is 0 Å². The Labute approximate surface area is 106 Å². The van der Waals surface area contributed by atoms with E-state index in [1.165, 1.54) is 44.9 Å². The lowest BCUT2D eigenvalue weighted by atomic mass is 10.1. The highest BCUT2D eigenvalue weighted by Crippen LogP contribution is 2.09. The fraction of sp³-hybridized carbons (Fsp3) is 0.929. The molecule has 0 atom stereocenters. The minimum Gasteiger partial charge on any atom is -0.435 e. The van der Waals surface area contributed by atoms with E-state index in [4.69, 9.17) is 4.74 Å². The zero-order valence-electron chi connectivity index (χ0n) is 11.5. The van der Waals surface area contributed by atoms with Gasteiger partial charge in [0.15, 0.2) is 0 Å². The molecule has 0 aliphatic rings. The third kappa shape index (κ3) is 13.2. The summed E-state index contributed by atoms with van der Waals surface area (Å²) >= 11 is 0. The summed E-state index contributed by atoms with van der Waals surface area (Å²) in [6.07, 6.45) is 10.9. The standard InChI is InChI=1S/C14H28O3/c1-3-5-6-7-8-9-10-11-12-13-17-14(15)16-4-2/h3-13H2,1-2H3.